The molecule has 1 aliphatic carbocycles. The van der Waals surface area contributed by atoms with Crippen LogP contribution < -0.4 is 11.1 Å². The van der Waals surface area contributed by atoms with Gasteiger partial charge in [-0.25, -0.2) is 8.42 Å². The lowest BCUT2D eigenvalue weighted by atomic mass is 9.95. The van der Waals surface area contributed by atoms with Crippen LogP contribution in [0.15, 0.2) is 51.1 Å². The summed E-state index contributed by atoms with van der Waals surface area (Å²) < 4.78 is 28.0. The Kier molecular flexibility index (Phi) is 4.30. The van der Waals surface area contributed by atoms with Crippen molar-refractivity contribution in [3.8, 4) is 5.69 Å². The fourth-order valence-corrected chi connectivity index (χ4v) is 4.82. The van der Waals surface area contributed by atoms with Gasteiger partial charge in [0.15, 0.2) is 9.84 Å². The predicted octanol–water partition coefficient (Wildman–Crippen LogP) is 2.39. The molecule has 0 spiro atoms. The molecule has 1 fully saturated rings. The molecule has 1 N–H and O–H groups in total. The van der Waals surface area contributed by atoms with Crippen molar-refractivity contribution in [3.05, 3.63) is 57.4 Å². The van der Waals surface area contributed by atoms with Crippen LogP contribution >= 0.6 is 0 Å². The molecule has 0 unspecified atom stereocenters. The molecular weight excluding hydrogens is 366 g/mol. The molecule has 0 saturated heterocycles. The van der Waals surface area contributed by atoms with Gasteiger partial charge in [-0.1, -0.05) is 19.3 Å². The second-order valence-corrected chi connectivity index (χ2v) is 9.10. The van der Waals surface area contributed by atoms with Crippen LogP contribution in [-0.4, -0.2) is 28.8 Å². The van der Waals surface area contributed by atoms with Crippen molar-refractivity contribution in [3.63, 3.8) is 0 Å². The van der Waals surface area contributed by atoms with E-state index in [0.29, 0.717) is 16.7 Å². The summed E-state index contributed by atoms with van der Waals surface area (Å²) in [5, 5.41) is 0. The van der Waals surface area contributed by atoms with Gasteiger partial charge >= 0.3 is 11.1 Å². The number of aromatic nitrogens is 3. The first-order valence-electron chi connectivity index (χ1n) is 9.02. The van der Waals surface area contributed by atoms with E-state index >= 15 is 0 Å². The van der Waals surface area contributed by atoms with Gasteiger partial charge in [0, 0.05) is 24.7 Å². The number of hydrogen-bond acceptors (Lipinski definition) is 4. The van der Waals surface area contributed by atoms with Crippen LogP contribution in [0.1, 0.15) is 38.1 Å². The first-order chi connectivity index (χ1) is 12.9. The molecule has 1 saturated carbocycles. The third kappa shape index (κ3) is 3.14. The molecular formula is C19H21N3O4S. The van der Waals surface area contributed by atoms with Gasteiger partial charge in [0.1, 0.15) is 0 Å². The van der Waals surface area contributed by atoms with Crippen LogP contribution in [0.3, 0.4) is 0 Å². The molecule has 2 heterocycles. The first kappa shape index (κ1) is 17.8. The Morgan fingerprint density at radius 2 is 1.70 bits per heavy atom. The number of benzene rings is 1. The van der Waals surface area contributed by atoms with Crippen molar-refractivity contribution in [2.24, 2.45) is 0 Å². The molecule has 27 heavy (non-hydrogen) atoms. The molecule has 2 aromatic heterocycles. The smallest absolute Gasteiger partial charge is 0.316 e. The lowest BCUT2D eigenvalue weighted by molar-refractivity contribution is 0.352. The van der Waals surface area contributed by atoms with E-state index in [-0.39, 0.29) is 10.9 Å². The van der Waals surface area contributed by atoms with Crippen LogP contribution in [0.25, 0.3) is 16.7 Å². The van der Waals surface area contributed by atoms with Gasteiger partial charge in [-0.15, -0.1) is 0 Å². The minimum Gasteiger partial charge on any atom is -0.323 e. The molecule has 7 nitrogen and oxygen atoms in total. The van der Waals surface area contributed by atoms with Gasteiger partial charge in [-0.05, 0) is 37.1 Å². The van der Waals surface area contributed by atoms with E-state index in [0.717, 1.165) is 38.4 Å². The van der Waals surface area contributed by atoms with Gasteiger partial charge in [-0.3, -0.25) is 14.2 Å². The average Bonchev–Trinajstić information content (AvgIpc) is 3.16. The maximum atomic E-state index is 12.7. The Bertz CT molecular complexity index is 1210. The Morgan fingerprint density at radius 1 is 1.04 bits per heavy atom. The Labute approximate surface area is 156 Å². The average molecular weight is 387 g/mol. The highest BCUT2D eigenvalue weighted by molar-refractivity contribution is 7.90. The zero-order chi connectivity index (χ0) is 19.2. The van der Waals surface area contributed by atoms with Crippen LogP contribution in [-0.2, 0) is 9.84 Å². The fourth-order valence-electron chi connectivity index (χ4n) is 3.95. The number of rotatable bonds is 3. The molecule has 4 rings (SSSR count). The maximum absolute atomic E-state index is 12.7. The summed E-state index contributed by atoms with van der Waals surface area (Å²) in [7, 11) is -3.54. The van der Waals surface area contributed by atoms with Crippen LogP contribution in [0.4, 0.5) is 0 Å². The molecule has 8 heteroatoms. The molecule has 0 bridgehead atoms. The molecule has 0 radical (unpaired) electrons. The standard InChI is InChI=1S/C19H21N3O4S/c1-27(25,26)17-11-14-15(12-16(17)21-9-5-6-10-21)22(19(24)18(23)20-14)13-7-3-2-4-8-13/h5-6,9-13H,2-4,7-8H2,1H3,(H,20,23). The van der Waals surface area contributed by atoms with Crippen molar-refractivity contribution >= 4 is 20.9 Å². The Hall–Kier alpha value is -2.61. The van der Waals surface area contributed by atoms with Gasteiger partial charge in [0.05, 0.1) is 21.6 Å². The lowest BCUT2D eigenvalue weighted by Gasteiger charge is -2.25. The summed E-state index contributed by atoms with van der Waals surface area (Å²) in [6.45, 7) is 0. The molecule has 142 valence electrons. The topological polar surface area (TPSA) is 93.9 Å². The third-order valence-corrected chi connectivity index (χ3v) is 6.35. The first-order valence-corrected chi connectivity index (χ1v) is 10.9. The summed E-state index contributed by atoms with van der Waals surface area (Å²) in [5.41, 5.74) is 0.0799. The lowest BCUT2D eigenvalue weighted by Crippen LogP contribution is -2.39. The normalized spacial score (nSPS) is 16.0. The van der Waals surface area contributed by atoms with Gasteiger partial charge < -0.3 is 9.55 Å². The van der Waals surface area contributed by atoms with Gasteiger partial charge in [0.2, 0.25) is 0 Å². The van der Waals surface area contributed by atoms with Crippen molar-refractivity contribution in [2.75, 3.05) is 6.26 Å². The number of H-pyrrole nitrogens is 1. The second kappa shape index (κ2) is 6.53. The molecule has 0 atom stereocenters. The Morgan fingerprint density at radius 3 is 2.33 bits per heavy atom. The number of nitrogens with one attached hydrogen (secondary N) is 1. The van der Waals surface area contributed by atoms with E-state index in [1.165, 1.54) is 6.07 Å². The van der Waals surface area contributed by atoms with Crippen molar-refractivity contribution in [1.29, 1.82) is 0 Å². The molecule has 1 aromatic carbocycles. The third-order valence-electron chi connectivity index (χ3n) is 5.22. The van der Waals surface area contributed by atoms with E-state index in [1.807, 2.05) is 0 Å². The summed E-state index contributed by atoms with van der Waals surface area (Å²) in [5.74, 6) is 0. The highest BCUT2D eigenvalue weighted by atomic mass is 32.2. The summed E-state index contributed by atoms with van der Waals surface area (Å²) in [4.78, 5) is 27.6. The number of sulfone groups is 1. The van der Waals surface area contributed by atoms with Crippen LogP contribution in [0, 0.1) is 0 Å². The maximum Gasteiger partial charge on any atom is 0.316 e. The minimum absolute atomic E-state index is 0.0438. The van der Waals surface area contributed by atoms with E-state index in [4.69, 9.17) is 0 Å². The van der Waals surface area contributed by atoms with Crippen LogP contribution in [0.5, 0.6) is 0 Å². The molecule has 0 amide bonds. The monoisotopic (exact) mass is 387 g/mol. The Balaban J connectivity index is 2.09. The number of fused-ring (bicyclic) bond motifs is 1. The highest BCUT2D eigenvalue weighted by Crippen LogP contribution is 2.31. The fraction of sp³-hybridized carbons (Fsp3) is 0.368. The van der Waals surface area contributed by atoms with Gasteiger partial charge in [-0.2, -0.15) is 0 Å². The second-order valence-electron chi connectivity index (χ2n) is 7.12. The molecule has 1 aliphatic rings. The van der Waals surface area contributed by atoms with Crippen molar-refractivity contribution < 1.29 is 8.42 Å². The van der Waals surface area contributed by atoms with Crippen LogP contribution in [0.2, 0.25) is 0 Å². The van der Waals surface area contributed by atoms with E-state index in [1.54, 1.807) is 39.7 Å². The number of aromatic amines is 1. The highest BCUT2D eigenvalue weighted by Gasteiger charge is 2.23. The SMILES string of the molecule is CS(=O)(=O)c1cc2[nH]c(=O)c(=O)n(C3CCCCC3)c2cc1-n1cccc1. The largest absolute Gasteiger partial charge is 0.323 e. The van der Waals surface area contributed by atoms with Crippen molar-refractivity contribution in [2.45, 2.75) is 43.0 Å². The number of nitrogens with zero attached hydrogens (tertiary/aromatic N) is 2. The zero-order valence-electron chi connectivity index (χ0n) is 15.0. The predicted molar refractivity (Wildman–Crippen MR) is 103 cm³/mol. The molecule has 0 aliphatic heterocycles. The zero-order valence-corrected chi connectivity index (χ0v) is 15.8. The van der Waals surface area contributed by atoms with Crippen molar-refractivity contribution in [1.82, 2.24) is 14.1 Å². The van der Waals surface area contributed by atoms with E-state index < -0.39 is 21.0 Å². The summed E-state index contributed by atoms with van der Waals surface area (Å²) >= 11 is 0. The number of hydrogen-bond donors (Lipinski definition) is 1. The molecule has 3 aromatic rings. The van der Waals surface area contributed by atoms with E-state index in [2.05, 4.69) is 4.98 Å². The summed E-state index contributed by atoms with van der Waals surface area (Å²) in [6, 6.07) is 6.71. The van der Waals surface area contributed by atoms with Gasteiger partial charge in [0.25, 0.3) is 0 Å². The van der Waals surface area contributed by atoms with E-state index in [9.17, 15) is 18.0 Å². The minimum atomic E-state index is -3.54. The quantitative estimate of drug-likeness (QED) is 0.698. The summed E-state index contributed by atoms with van der Waals surface area (Å²) in [6.07, 6.45) is 9.47.